The number of carboxylic acids is 1. The van der Waals surface area contributed by atoms with Crippen molar-refractivity contribution in [1.82, 2.24) is 0 Å². The van der Waals surface area contributed by atoms with Crippen molar-refractivity contribution >= 4 is 33.5 Å². The average molecular weight is 287 g/mol. The van der Waals surface area contributed by atoms with Crippen LogP contribution in [0, 0.1) is 0 Å². The van der Waals surface area contributed by atoms with Gasteiger partial charge in [0, 0.05) is 10.2 Å². The predicted molar refractivity (Wildman–Crippen MR) is 63.0 cm³/mol. The summed E-state index contributed by atoms with van der Waals surface area (Å²) in [7, 11) is 0. The molecule has 0 aliphatic rings. The molecule has 0 saturated carbocycles. The minimum Gasteiger partial charge on any atom is -0.480 e. The van der Waals surface area contributed by atoms with Crippen molar-refractivity contribution in [3.05, 3.63) is 28.7 Å². The topological polar surface area (TPSA) is 92.4 Å². The first-order chi connectivity index (χ1) is 7.49. The molecule has 1 rings (SSSR count). The number of carbonyl (C=O) groups excluding carboxylic acids is 1. The lowest BCUT2D eigenvalue weighted by atomic mass is 10.2. The molecule has 86 valence electrons. The second-order valence-corrected chi connectivity index (χ2v) is 4.12. The number of hydrogen-bond acceptors (Lipinski definition) is 3. The Hall–Kier alpha value is -1.40. The summed E-state index contributed by atoms with van der Waals surface area (Å²) in [5.74, 6) is -1.61. The van der Waals surface area contributed by atoms with Gasteiger partial charge in [-0.2, -0.15) is 0 Å². The van der Waals surface area contributed by atoms with E-state index in [4.69, 9.17) is 10.8 Å². The Bertz CT molecular complexity index is 392. The molecule has 0 aromatic heterocycles. The number of rotatable bonds is 4. The van der Waals surface area contributed by atoms with Gasteiger partial charge in [-0.15, -0.1) is 0 Å². The van der Waals surface area contributed by atoms with E-state index in [1.54, 1.807) is 24.3 Å². The van der Waals surface area contributed by atoms with Crippen molar-refractivity contribution in [3.8, 4) is 0 Å². The van der Waals surface area contributed by atoms with Crippen LogP contribution in [-0.4, -0.2) is 23.0 Å². The highest BCUT2D eigenvalue weighted by Crippen LogP contribution is 2.14. The highest BCUT2D eigenvalue weighted by molar-refractivity contribution is 9.10. The number of anilines is 1. The average Bonchev–Trinajstić information content (AvgIpc) is 2.21. The van der Waals surface area contributed by atoms with Crippen molar-refractivity contribution in [2.24, 2.45) is 5.73 Å². The van der Waals surface area contributed by atoms with Gasteiger partial charge in [0.05, 0.1) is 6.42 Å². The van der Waals surface area contributed by atoms with Gasteiger partial charge >= 0.3 is 5.97 Å². The molecule has 0 bridgehead atoms. The van der Waals surface area contributed by atoms with Gasteiger partial charge in [0.2, 0.25) is 5.91 Å². The molecule has 0 heterocycles. The standard InChI is InChI=1S/C10H11BrN2O3/c11-6-1-3-7(4-2-6)13-9(14)5-8(12)10(15)16/h1-4,8H,5,12H2,(H,13,14)(H,15,16). The summed E-state index contributed by atoms with van der Waals surface area (Å²) in [5.41, 5.74) is 5.83. The third-order valence-corrected chi connectivity index (χ3v) is 2.38. The van der Waals surface area contributed by atoms with Gasteiger partial charge < -0.3 is 16.2 Å². The van der Waals surface area contributed by atoms with Crippen LogP contribution >= 0.6 is 15.9 Å². The molecule has 0 spiro atoms. The molecule has 6 heteroatoms. The lowest BCUT2D eigenvalue weighted by Gasteiger charge is -2.07. The minimum absolute atomic E-state index is 0.245. The molecule has 1 amide bonds. The van der Waals surface area contributed by atoms with Crippen LogP contribution in [0.25, 0.3) is 0 Å². The SMILES string of the molecule is NC(CC(=O)Nc1ccc(Br)cc1)C(=O)O. The quantitative estimate of drug-likeness (QED) is 0.775. The largest absolute Gasteiger partial charge is 0.480 e. The summed E-state index contributed by atoms with van der Waals surface area (Å²) in [6.07, 6.45) is -0.245. The maximum Gasteiger partial charge on any atom is 0.321 e. The zero-order valence-electron chi connectivity index (χ0n) is 8.31. The van der Waals surface area contributed by atoms with Crippen LogP contribution in [0.4, 0.5) is 5.69 Å². The number of amides is 1. The fraction of sp³-hybridized carbons (Fsp3) is 0.200. The first kappa shape index (κ1) is 12.7. The number of nitrogens with two attached hydrogens (primary N) is 1. The lowest BCUT2D eigenvalue weighted by molar-refractivity contribution is -0.140. The Morgan fingerprint density at radius 3 is 2.44 bits per heavy atom. The van der Waals surface area contributed by atoms with E-state index >= 15 is 0 Å². The Labute approximate surface area is 101 Å². The molecule has 1 unspecified atom stereocenters. The second kappa shape index (κ2) is 5.62. The van der Waals surface area contributed by atoms with Crippen molar-refractivity contribution in [2.45, 2.75) is 12.5 Å². The molecule has 1 aromatic carbocycles. The van der Waals surface area contributed by atoms with E-state index in [9.17, 15) is 9.59 Å². The number of carbonyl (C=O) groups is 2. The number of aliphatic carboxylic acids is 1. The summed E-state index contributed by atoms with van der Waals surface area (Å²) in [6.45, 7) is 0. The molecule has 1 atom stereocenters. The molecule has 0 aliphatic carbocycles. The van der Waals surface area contributed by atoms with Crippen molar-refractivity contribution in [2.75, 3.05) is 5.32 Å². The van der Waals surface area contributed by atoms with Gasteiger partial charge in [-0.3, -0.25) is 9.59 Å². The van der Waals surface area contributed by atoms with Gasteiger partial charge in [-0.05, 0) is 24.3 Å². The van der Waals surface area contributed by atoms with E-state index in [0.717, 1.165) is 4.47 Å². The highest BCUT2D eigenvalue weighted by Gasteiger charge is 2.15. The first-order valence-corrected chi connectivity index (χ1v) is 5.32. The Morgan fingerprint density at radius 1 is 1.38 bits per heavy atom. The molecule has 5 nitrogen and oxygen atoms in total. The number of benzene rings is 1. The Balaban J connectivity index is 2.52. The van der Waals surface area contributed by atoms with Crippen LogP contribution in [0.15, 0.2) is 28.7 Å². The Kier molecular flexibility index (Phi) is 4.45. The summed E-state index contributed by atoms with van der Waals surface area (Å²) in [4.78, 5) is 21.8. The van der Waals surface area contributed by atoms with Gasteiger partial charge in [-0.1, -0.05) is 15.9 Å². The molecule has 0 aliphatic heterocycles. The third-order valence-electron chi connectivity index (χ3n) is 1.85. The van der Waals surface area contributed by atoms with Gasteiger partial charge in [0.25, 0.3) is 0 Å². The summed E-state index contributed by atoms with van der Waals surface area (Å²) in [6, 6.07) is 5.78. The first-order valence-electron chi connectivity index (χ1n) is 4.53. The van der Waals surface area contributed by atoms with E-state index in [1.165, 1.54) is 0 Å². The van der Waals surface area contributed by atoms with Crippen molar-refractivity contribution < 1.29 is 14.7 Å². The fourth-order valence-corrected chi connectivity index (χ4v) is 1.30. The van der Waals surface area contributed by atoms with E-state index in [2.05, 4.69) is 21.2 Å². The summed E-state index contributed by atoms with van der Waals surface area (Å²) < 4.78 is 0.896. The molecule has 0 saturated heterocycles. The van der Waals surface area contributed by atoms with Crippen LogP contribution in [0.5, 0.6) is 0 Å². The molecule has 16 heavy (non-hydrogen) atoms. The molecule has 1 aromatic rings. The van der Waals surface area contributed by atoms with E-state index in [1.807, 2.05) is 0 Å². The predicted octanol–water partition coefficient (Wildman–Crippen LogP) is 1.19. The highest BCUT2D eigenvalue weighted by atomic mass is 79.9. The lowest BCUT2D eigenvalue weighted by Crippen LogP contribution is -2.34. The molecule has 4 N–H and O–H groups in total. The zero-order chi connectivity index (χ0) is 12.1. The smallest absolute Gasteiger partial charge is 0.321 e. The van der Waals surface area contributed by atoms with Crippen molar-refractivity contribution in [3.63, 3.8) is 0 Å². The number of carboxylic acid groups (broad SMARTS) is 1. The molecule has 0 fully saturated rings. The van der Waals surface area contributed by atoms with Gasteiger partial charge in [0.15, 0.2) is 0 Å². The third kappa shape index (κ3) is 4.00. The second-order valence-electron chi connectivity index (χ2n) is 3.20. The number of nitrogens with one attached hydrogen (secondary N) is 1. The van der Waals surface area contributed by atoms with Gasteiger partial charge in [0.1, 0.15) is 6.04 Å². The molecular weight excluding hydrogens is 276 g/mol. The van der Waals surface area contributed by atoms with E-state index in [-0.39, 0.29) is 6.42 Å². The minimum atomic E-state index is -1.19. The van der Waals surface area contributed by atoms with E-state index in [0.29, 0.717) is 5.69 Å². The van der Waals surface area contributed by atoms with Crippen LogP contribution in [0.2, 0.25) is 0 Å². The molecular formula is C10H11BrN2O3. The summed E-state index contributed by atoms with van der Waals surface area (Å²) in [5, 5.41) is 11.1. The summed E-state index contributed by atoms with van der Waals surface area (Å²) >= 11 is 3.26. The molecule has 0 radical (unpaired) electrons. The normalized spacial score (nSPS) is 11.9. The maximum atomic E-state index is 11.3. The van der Waals surface area contributed by atoms with Crippen LogP contribution in [-0.2, 0) is 9.59 Å². The fourth-order valence-electron chi connectivity index (χ4n) is 1.03. The van der Waals surface area contributed by atoms with E-state index < -0.39 is 17.9 Å². The maximum absolute atomic E-state index is 11.3. The Morgan fingerprint density at radius 2 is 1.94 bits per heavy atom. The monoisotopic (exact) mass is 286 g/mol. The van der Waals surface area contributed by atoms with Crippen LogP contribution in [0.1, 0.15) is 6.42 Å². The van der Waals surface area contributed by atoms with Crippen LogP contribution in [0.3, 0.4) is 0 Å². The number of halogens is 1. The zero-order valence-corrected chi connectivity index (χ0v) is 9.90. The number of hydrogen-bond donors (Lipinski definition) is 3. The van der Waals surface area contributed by atoms with Gasteiger partial charge in [-0.25, -0.2) is 0 Å². The van der Waals surface area contributed by atoms with Crippen LogP contribution < -0.4 is 11.1 Å². The van der Waals surface area contributed by atoms with Crippen molar-refractivity contribution in [1.29, 1.82) is 0 Å².